The topological polar surface area (TPSA) is 120 Å². The number of nitrogens with zero attached hydrogens (tertiary/aromatic N) is 3. The average Bonchev–Trinajstić information content (AvgIpc) is 2.73. The van der Waals surface area contributed by atoms with E-state index in [-0.39, 0.29) is 17.8 Å². The van der Waals surface area contributed by atoms with Crippen molar-refractivity contribution in [2.45, 2.75) is 13.3 Å². The number of nitro benzene ring substituents is 1. The maximum absolute atomic E-state index is 11.9. The summed E-state index contributed by atoms with van der Waals surface area (Å²) in [6.07, 6.45) is 0.0557. The van der Waals surface area contributed by atoms with E-state index in [1.165, 1.54) is 24.3 Å². The minimum Gasteiger partial charge on any atom is -0.272 e. The predicted octanol–water partition coefficient (Wildman–Crippen LogP) is 0.286. The van der Waals surface area contributed by atoms with Crippen molar-refractivity contribution < 1.29 is 9.72 Å². The van der Waals surface area contributed by atoms with Crippen LogP contribution in [0.4, 0.5) is 5.69 Å². The molecule has 0 saturated heterocycles. The monoisotopic (exact) mass is 278 g/mol. The van der Waals surface area contributed by atoms with E-state index in [4.69, 9.17) is 0 Å². The summed E-state index contributed by atoms with van der Waals surface area (Å²) in [7, 11) is 0. The average molecular weight is 278 g/mol. The van der Waals surface area contributed by atoms with E-state index in [0.717, 1.165) is 4.57 Å². The molecule has 1 N–H and O–H groups in total. The molecular weight excluding hydrogens is 268 g/mol. The van der Waals surface area contributed by atoms with Gasteiger partial charge >= 0.3 is 11.4 Å². The van der Waals surface area contributed by atoms with Crippen LogP contribution in [0.5, 0.6) is 0 Å². The van der Waals surface area contributed by atoms with Crippen molar-refractivity contribution in [2.75, 3.05) is 0 Å². The fourth-order valence-corrected chi connectivity index (χ4v) is 1.66. The number of nitro groups is 1. The maximum atomic E-state index is 11.9. The van der Waals surface area contributed by atoms with Crippen LogP contribution in [-0.4, -0.2) is 25.2 Å². The van der Waals surface area contributed by atoms with Gasteiger partial charge in [0.2, 0.25) is 5.91 Å². The number of hydrogen-bond acceptors (Lipinski definition) is 5. The SMILES string of the molecule is CCC(=O)n1[nH]c(=O)n(-c2ccc([N+](=O)[O-])cc2)c1=O. The maximum Gasteiger partial charge on any atom is 0.358 e. The number of benzene rings is 1. The summed E-state index contributed by atoms with van der Waals surface area (Å²) in [6, 6.07) is 4.85. The minimum absolute atomic E-state index is 0.0557. The summed E-state index contributed by atoms with van der Waals surface area (Å²) in [5, 5.41) is 12.7. The van der Waals surface area contributed by atoms with Crippen LogP contribution in [-0.2, 0) is 0 Å². The van der Waals surface area contributed by atoms with E-state index in [1.807, 2.05) is 0 Å². The molecule has 0 aliphatic heterocycles. The molecule has 0 aliphatic carbocycles. The van der Waals surface area contributed by atoms with E-state index in [9.17, 15) is 24.5 Å². The highest BCUT2D eigenvalue weighted by Gasteiger charge is 2.15. The summed E-state index contributed by atoms with van der Waals surface area (Å²) in [5.74, 6) is -0.548. The van der Waals surface area contributed by atoms with Crippen LogP contribution >= 0.6 is 0 Å². The fraction of sp³-hybridized carbons (Fsp3) is 0.182. The van der Waals surface area contributed by atoms with Gasteiger partial charge < -0.3 is 0 Å². The second-order valence-corrected chi connectivity index (χ2v) is 3.89. The standard InChI is InChI=1S/C11H10N4O5/c1-2-9(16)14-11(18)13(10(17)12-14)7-3-5-8(6-4-7)15(19)20/h3-6H,2H2,1H3,(H,12,17). The van der Waals surface area contributed by atoms with Crippen LogP contribution in [0.2, 0.25) is 0 Å². The van der Waals surface area contributed by atoms with Gasteiger partial charge in [0.15, 0.2) is 0 Å². The van der Waals surface area contributed by atoms with E-state index < -0.39 is 22.2 Å². The number of rotatable bonds is 3. The summed E-state index contributed by atoms with van der Waals surface area (Å²) in [5.41, 5.74) is -1.65. The zero-order chi connectivity index (χ0) is 14.9. The molecule has 9 heteroatoms. The second kappa shape index (κ2) is 4.96. The Bertz CT molecular complexity index is 780. The summed E-state index contributed by atoms with van der Waals surface area (Å²) < 4.78 is 1.35. The van der Waals surface area contributed by atoms with E-state index >= 15 is 0 Å². The number of carbonyl (C=O) groups is 1. The zero-order valence-electron chi connectivity index (χ0n) is 10.4. The van der Waals surface area contributed by atoms with Crippen molar-refractivity contribution in [1.82, 2.24) is 14.3 Å². The third-order valence-electron chi connectivity index (χ3n) is 2.66. The summed E-state index contributed by atoms with van der Waals surface area (Å²) in [4.78, 5) is 45.1. The van der Waals surface area contributed by atoms with Gasteiger partial charge in [-0.15, -0.1) is 0 Å². The van der Waals surface area contributed by atoms with Crippen molar-refractivity contribution in [1.29, 1.82) is 0 Å². The molecule has 0 saturated carbocycles. The molecule has 0 unspecified atom stereocenters. The van der Waals surface area contributed by atoms with Gasteiger partial charge in [0.1, 0.15) is 0 Å². The fourth-order valence-electron chi connectivity index (χ4n) is 1.66. The second-order valence-electron chi connectivity index (χ2n) is 3.89. The van der Waals surface area contributed by atoms with Gasteiger partial charge in [0, 0.05) is 18.6 Å². The number of hydrogen-bond donors (Lipinski definition) is 1. The van der Waals surface area contributed by atoms with Crippen LogP contribution in [0.3, 0.4) is 0 Å². The number of aromatic nitrogens is 3. The van der Waals surface area contributed by atoms with Gasteiger partial charge in [-0.25, -0.2) is 19.3 Å². The number of H-pyrrole nitrogens is 1. The molecule has 0 aliphatic rings. The molecule has 0 atom stereocenters. The van der Waals surface area contributed by atoms with Crippen LogP contribution < -0.4 is 11.4 Å². The van der Waals surface area contributed by atoms with Gasteiger partial charge in [0.05, 0.1) is 10.6 Å². The Morgan fingerprint density at radius 1 is 1.30 bits per heavy atom. The predicted molar refractivity (Wildman–Crippen MR) is 68.2 cm³/mol. The molecule has 20 heavy (non-hydrogen) atoms. The lowest BCUT2D eigenvalue weighted by Crippen LogP contribution is -2.30. The Balaban J connectivity index is 2.56. The quantitative estimate of drug-likeness (QED) is 0.638. The van der Waals surface area contributed by atoms with Crippen molar-refractivity contribution in [3.8, 4) is 5.69 Å². The van der Waals surface area contributed by atoms with Crippen molar-refractivity contribution >= 4 is 11.6 Å². The normalized spacial score (nSPS) is 10.4. The van der Waals surface area contributed by atoms with E-state index in [2.05, 4.69) is 5.10 Å². The van der Waals surface area contributed by atoms with Crippen LogP contribution in [0.1, 0.15) is 18.1 Å². The summed E-state index contributed by atoms with van der Waals surface area (Å²) >= 11 is 0. The first kappa shape index (κ1) is 13.5. The zero-order valence-corrected chi connectivity index (χ0v) is 10.4. The molecule has 9 nitrogen and oxygen atoms in total. The lowest BCUT2D eigenvalue weighted by atomic mass is 10.3. The lowest BCUT2D eigenvalue weighted by molar-refractivity contribution is -0.384. The van der Waals surface area contributed by atoms with Crippen molar-refractivity contribution in [3.05, 3.63) is 55.3 Å². The Morgan fingerprint density at radius 3 is 2.40 bits per heavy atom. The molecule has 0 bridgehead atoms. The van der Waals surface area contributed by atoms with Crippen LogP contribution in [0.15, 0.2) is 33.9 Å². The number of carbonyl (C=O) groups excluding carboxylic acids is 1. The third kappa shape index (κ3) is 2.16. The smallest absolute Gasteiger partial charge is 0.272 e. The molecule has 1 heterocycles. The molecular formula is C11H10N4O5. The highest BCUT2D eigenvalue weighted by atomic mass is 16.6. The number of aromatic amines is 1. The molecule has 1 aromatic heterocycles. The first-order valence-electron chi connectivity index (χ1n) is 5.67. The first-order valence-corrected chi connectivity index (χ1v) is 5.67. The van der Waals surface area contributed by atoms with Gasteiger partial charge in [0.25, 0.3) is 5.69 Å². The highest BCUT2D eigenvalue weighted by molar-refractivity contribution is 5.77. The third-order valence-corrected chi connectivity index (χ3v) is 2.66. The highest BCUT2D eigenvalue weighted by Crippen LogP contribution is 2.12. The Labute approximate surface area is 111 Å². The Hall–Kier alpha value is -2.97. The van der Waals surface area contributed by atoms with E-state index in [1.54, 1.807) is 6.92 Å². The number of non-ortho nitro benzene ring substituents is 1. The van der Waals surface area contributed by atoms with Crippen molar-refractivity contribution in [3.63, 3.8) is 0 Å². The van der Waals surface area contributed by atoms with E-state index in [0.29, 0.717) is 4.68 Å². The van der Waals surface area contributed by atoms with Crippen LogP contribution in [0.25, 0.3) is 5.69 Å². The Kier molecular flexibility index (Phi) is 3.34. The molecule has 2 rings (SSSR count). The molecule has 0 radical (unpaired) electrons. The van der Waals surface area contributed by atoms with Crippen LogP contribution in [0, 0.1) is 10.1 Å². The largest absolute Gasteiger partial charge is 0.358 e. The van der Waals surface area contributed by atoms with Crippen molar-refractivity contribution in [2.24, 2.45) is 0 Å². The van der Waals surface area contributed by atoms with Gasteiger partial charge in [-0.2, -0.15) is 4.68 Å². The minimum atomic E-state index is -0.837. The lowest BCUT2D eigenvalue weighted by Gasteiger charge is -1.98. The van der Waals surface area contributed by atoms with Gasteiger partial charge in [-0.1, -0.05) is 6.92 Å². The first-order chi connectivity index (χ1) is 9.45. The molecule has 104 valence electrons. The number of nitrogens with one attached hydrogen (secondary N) is 1. The molecule has 0 amide bonds. The molecule has 1 aromatic carbocycles. The molecule has 0 fully saturated rings. The molecule has 2 aromatic rings. The van der Waals surface area contributed by atoms with Gasteiger partial charge in [-0.3, -0.25) is 14.9 Å². The summed E-state index contributed by atoms with van der Waals surface area (Å²) in [6.45, 7) is 1.55. The molecule has 0 spiro atoms. The van der Waals surface area contributed by atoms with Gasteiger partial charge in [-0.05, 0) is 12.1 Å². The Morgan fingerprint density at radius 2 is 1.90 bits per heavy atom.